The summed E-state index contributed by atoms with van der Waals surface area (Å²) in [7, 11) is 0. The molecule has 1 aromatic heterocycles. The van der Waals surface area contributed by atoms with Crippen molar-refractivity contribution in [1.29, 1.82) is 5.26 Å². The first-order valence-electron chi connectivity index (χ1n) is 8.16. The number of aromatic nitrogens is 3. The number of para-hydroxylation sites is 1. The molecule has 1 aliphatic heterocycles. The minimum absolute atomic E-state index is 0.234. The fraction of sp³-hybridized carbons (Fsp3) is 0.211. The first-order chi connectivity index (χ1) is 12.3. The third-order valence-corrected chi connectivity index (χ3v) is 4.26. The molecule has 3 aromatic rings. The molecule has 2 aromatic carbocycles. The van der Waals surface area contributed by atoms with Gasteiger partial charge >= 0.3 is 0 Å². The van der Waals surface area contributed by atoms with Crippen molar-refractivity contribution in [2.75, 3.05) is 18.1 Å². The maximum atomic E-state index is 9.21. The van der Waals surface area contributed by atoms with Crippen LogP contribution in [0, 0.1) is 11.3 Å². The summed E-state index contributed by atoms with van der Waals surface area (Å²) >= 11 is 0. The topological polar surface area (TPSA) is 67.0 Å². The third-order valence-electron chi connectivity index (χ3n) is 4.26. The third kappa shape index (κ3) is 3.10. The van der Waals surface area contributed by atoms with Crippen LogP contribution in [-0.4, -0.2) is 28.1 Å². The number of hydrogen-bond acceptors (Lipinski definition) is 5. The molecule has 1 atom stereocenters. The summed E-state index contributed by atoms with van der Waals surface area (Å²) in [4.78, 5) is 2.18. The van der Waals surface area contributed by atoms with E-state index < -0.39 is 0 Å². The lowest BCUT2D eigenvalue weighted by Crippen LogP contribution is -2.23. The molecular formula is C19H17N5O. The molecular weight excluding hydrogens is 314 g/mol. The normalized spacial score (nSPS) is 16.8. The highest BCUT2D eigenvalue weighted by molar-refractivity contribution is 5.48. The van der Waals surface area contributed by atoms with Gasteiger partial charge in [-0.05, 0) is 23.8 Å². The predicted molar refractivity (Wildman–Crippen MR) is 92.8 cm³/mol. The van der Waals surface area contributed by atoms with Gasteiger partial charge in [-0.2, -0.15) is 5.26 Å². The Labute approximate surface area is 145 Å². The van der Waals surface area contributed by atoms with Gasteiger partial charge in [-0.15, -0.1) is 5.10 Å². The number of benzene rings is 2. The van der Waals surface area contributed by atoms with Crippen LogP contribution < -0.4 is 4.90 Å². The Hall–Kier alpha value is -3.17. The van der Waals surface area contributed by atoms with Crippen LogP contribution in [0.25, 0.3) is 0 Å². The number of hydrogen-bond donors (Lipinski definition) is 0. The van der Waals surface area contributed by atoms with E-state index in [1.54, 1.807) is 4.68 Å². The van der Waals surface area contributed by atoms with Gasteiger partial charge in [0.05, 0.1) is 31.0 Å². The molecule has 1 saturated heterocycles. The lowest BCUT2D eigenvalue weighted by atomic mass is 10.1. The average molecular weight is 331 g/mol. The van der Waals surface area contributed by atoms with E-state index in [9.17, 15) is 5.26 Å². The molecule has 2 heterocycles. The fourth-order valence-electron chi connectivity index (χ4n) is 3.04. The largest absolute Gasteiger partial charge is 0.350 e. The number of nitriles is 1. The number of nitrogens with zero attached hydrogens (tertiary/aromatic N) is 5. The second-order valence-electron chi connectivity index (χ2n) is 5.86. The second-order valence-corrected chi connectivity index (χ2v) is 5.86. The monoisotopic (exact) mass is 331 g/mol. The van der Waals surface area contributed by atoms with Gasteiger partial charge in [0.25, 0.3) is 0 Å². The van der Waals surface area contributed by atoms with E-state index in [2.05, 4.69) is 33.4 Å². The Morgan fingerprint density at radius 3 is 2.76 bits per heavy atom. The quantitative estimate of drug-likeness (QED) is 0.735. The molecule has 0 aliphatic carbocycles. The lowest BCUT2D eigenvalue weighted by Gasteiger charge is -2.23. The average Bonchev–Trinajstić information content (AvgIpc) is 3.32. The van der Waals surface area contributed by atoms with Crippen LogP contribution in [0.4, 0.5) is 5.69 Å². The van der Waals surface area contributed by atoms with Crippen LogP contribution in [-0.2, 0) is 11.3 Å². The van der Waals surface area contributed by atoms with E-state index in [-0.39, 0.29) is 6.23 Å². The molecule has 1 aliphatic rings. The van der Waals surface area contributed by atoms with Crippen molar-refractivity contribution in [3.63, 3.8) is 0 Å². The molecule has 0 amide bonds. The molecule has 1 fully saturated rings. The molecule has 0 spiro atoms. The summed E-state index contributed by atoms with van der Waals surface area (Å²) in [5.41, 5.74) is 3.46. The summed E-state index contributed by atoms with van der Waals surface area (Å²) in [6.45, 7) is 1.98. The van der Waals surface area contributed by atoms with Crippen molar-refractivity contribution in [3.8, 4) is 6.07 Å². The summed E-state index contributed by atoms with van der Waals surface area (Å²) in [6, 6.07) is 19.9. The summed E-state index contributed by atoms with van der Waals surface area (Å²) in [5.74, 6) is 0. The minimum atomic E-state index is -0.234. The highest BCUT2D eigenvalue weighted by atomic mass is 16.5. The molecule has 6 nitrogen and oxygen atoms in total. The highest BCUT2D eigenvalue weighted by Gasteiger charge is 2.29. The molecule has 0 bridgehead atoms. The van der Waals surface area contributed by atoms with Crippen LogP contribution in [0.1, 0.15) is 23.0 Å². The second kappa shape index (κ2) is 6.75. The van der Waals surface area contributed by atoms with Crippen molar-refractivity contribution < 1.29 is 4.74 Å². The molecule has 0 N–H and O–H groups in total. The summed E-state index contributed by atoms with van der Waals surface area (Å²) in [5, 5.41) is 17.7. The minimum Gasteiger partial charge on any atom is -0.350 e. The van der Waals surface area contributed by atoms with E-state index in [0.717, 1.165) is 23.5 Å². The molecule has 0 unspecified atom stereocenters. The van der Waals surface area contributed by atoms with Crippen LogP contribution in [0.5, 0.6) is 0 Å². The van der Waals surface area contributed by atoms with Crippen molar-refractivity contribution in [1.82, 2.24) is 15.0 Å². The zero-order valence-electron chi connectivity index (χ0n) is 13.6. The van der Waals surface area contributed by atoms with E-state index >= 15 is 0 Å². The Balaban J connectivity index is 1.56. The molecule has 4 rings (SSSR count). The van der Waals surface area contributed by atoms with Gasteiger partial charge < -0.3 is 9.64 Å². The Morgan fingerprint density at radius 1 is 1.12 bits per heavy atom. The molecule has 0 radical (unpaired) electrons. The van der Waals surface area contributed by atoms with Gasteiger partial charge in [-0.3, -0.25) is 0 Å². The fourth-order valence-corrected chi connectivity index (χ4v) is 3.04. The van der Waals surface area contributed by atoms with Crippen molar-refractivity contribution in [3.05, 3.63) is 77.6 Å². The maximum absolute atomic E-state index is 9.21. The molecule has 6 heteroatoms. The van der Waals surface area contributed by atoms with Crippen molar-refractivity contribution >= 4 is 5.69 Å². The first kappa shape index (κ1) is 15.4. The number of anilines is 1. The molecule has 124 valence electrons. The Morgan fingerprint density at radius 2 is 1.92 bits per heavy atom. The van der Waals surface area contributed by atoms with Gasteiger partial charge in [-0.1, -0.05) is 41.6 Å². The highest BCUT2D eigenvalue weighted by Crippen LogP contribution is 2.30. The zero-order chi connectivity index (χ0) is 17.1. The lowest BCUT2D eigenvalue weighted by molar-refractivity contribution is 0.110. The summed E-state index contributed by atoms with van der Waals surface area (Å²) < 4.78 is 7.62. The van der Waals surface area contributed by atoms with Crippen LogP contribution in [0.15, 0.2) is 60.8 Å². The standard InChI is InChI=1S/C19H17N5O/c20-12-15-6-4-5-7-16(15)13-23-14-18(21-22-23)19-24(10-11-25-19)17-8-2-1-3-9-17/h1-9,14,19H,10-11,13H2/t19-/m1/s1. The predicted octanol–water partition coefficient (Wildman–Crippen LogP) is 2.73. The van der Waals surface area contributed by atoms with Gasteiger partial charge in [0, 0.05) is 12.2 Å². The van der Waals surface area contributed by atoms with Crippen LogP contribution in [0.3, 0.4) is 0 Å². The van der Waals surface area contributed by atoms with E-state index in [1.807, 2.05) is 48.7 Å². The molecule has 0 saturated carbocycles. The number of ether oxygens (including phenoxy) is 1. The smallest absolute Gasteiger partial charge is 0.177 e. The van der Waals surface area contributed by atoms with E-state index in [1.165, 1.54) is 0 Å². The zero-order valence-corrected chi connectivity index (χ0v) is 13.6. The Kier molecular flexibility index (Phi) is 4.15. The van der Waals surface area contributed by atoms with Gasteiger partial charge in [0.15, 0.2) is 6.23 Å². The van der Waals surface area contributed by atoms with Gasteiger partial charge in [0.2, 0.25) is 0 Å². The van der Waals surface area contributed by atoms with Gasteiger partial charge in [0.1, 0.15) is 5.69 Å². The maximum Gasteiger partial charge on any atom is 0.177 e. The van der Waals surface area contributed by atoms with Crippen LogP contribution in [0.2, 0.25) is 0 Å². The first-order valence-corrected chi connectivity index (χ1v) is 8.16. The van der Waals surface area contributed by atoms with Crippen LogP contribution >= 0.6 is 0 Å². The number of rotatable bonds is 4. The summed E-state index contributed by atoms with van der Waals surface area (Å²) in [6.07, 6.45) is 1.66. The van der Waals surface area contributed by atoms with E-state index in [0.29, 0.717) is 18.7 Å². The van der Waals surface area contributed by atoms with Gasteiger partial charge in [-0.25, -0.2) is 4.68 Å². The Bertz CT molecular complexity index is 899. The molecule has 25 heavy (non-hydrogen) atoms. The van der Waals surface area contributed by atoms with Crippen molar-refractivity contribution in [2.24, 2.45) is 0 Å². The van der Waals surface area contributed by atoms with Crippen molar-refractivity contribution in [2.45, 2.75) is 12.8 Å². The SMILES string of the molecule is N#Cc1ccccc1Cn1cc([C@H]2OCCN2c2ccccc2)nn1. The van der Waals surface area contributed by atoms with E-state index in [4.69, 9.17) is 4.74 Å².